The largest absolute Gasteiger partial charge is 0.443 e. The standard InChI is InChI=1S/C23H13NO/c1-2-6-14(7-3-1)15-10-18-16-8-4-5-9-17(16)19-12-21-23(24-13-25-21)20(11-15)22(18)19/h1-13H. The Morgan fingerprint density at radius 3 is 2.16 bits per heavy atom. The average Bonchev–Trinajstić information content (AvgIpc) is 3.27. The molecule has 0 amide bonds. The molecule has 0 spiro atoms. The highest BCUT2D eigenvalue weighted by molar-refractivity contribution is 6.22. The molecule has 0 saturated heterocycles. The number of hydrogen-bond donors (Lipinski definition) is 0. The van der Waals surface area contributed by atoms with Crippen molar-refractivity contribution in [1.82, 2.24) is 4.98 Å². The van der Waals surface area contributed by atoms with E-state index in [4.69, 9.17) is 4.42 Å². The molecule has 1 heterocycles. The van der Waals surface area contributed by atoms with Gasteiger partial charge in [0.1, 0.15) is 5.52 Å². The van der Waals surface area contributed by atoms with Gasteiger partial charge >= 0.3 is 0 Å². The number of hydrogen-bond acceptors (Lipinski definition) is 2. The fraction of sp³-hybridized carbons (Fsp3) is 0. The van der Waals surface area contributed by atoms with Crippen molar-refractivity contribution in [1.29, 1.82) is 0 Å². The van der Waals surface area contributed by atoms with E-state index >= 15 is 0 Å². The molecule has 0 radical (unpaired) electrons. The van der Waals surface area contributed by atoms with Crippen LogP contribution in [0.1, 0.15) is 0 Å². The van der Waals surface area contributed by atoms with E-state index in [2.05, 4.69) is 71.7 Å². The molecule has 0 bridgehead atoms. The number of oxazole rings is 1. The predicted molar refractivity (Wildman–Crippen MR) is 101 cm³/mol. The van der Waals surface area contributed by atoms with Crippen molar-refractivity contribution in [3.63, 3.8) is 0 Å². The summed E-state index contributed by atoms with van der Waals surface area (Å²) in [4.78, 5) is 4.49. The summed E-state index contributed by atoms with van der Waals surface area (Å²) < 4.78 is 5.64. The lowest BCUT2D eigenvalue weighted by Gasteiger charge is -2.08. The van der Waals surface area contributed by atoms with Gasteiger partial charge in [0.05, 0.1) is 0 Å². The van der Waals surface area contributed by atoms with Crippen molar-refractivity contribution in [2.24, 2.45) is 0 Å². The van der Waals surface area contributed by atoms with Crippen molar-refractivity contribution in [2.45, 2.75) is 0 Å². The van der Waals surface area contributed by atoms with Crippen LogP contribution in [-0.2, 0) is 0 Å². The molecule has 0 N–H and O–H groups in total. The second-order valence-electron chi connectivity index (χ2n) is 6.48. The van der Waals surface area contributed by atoms with E-state index in [1.165, 1.54) is 45.2 Å². The molecule has 6 rings (SSSR count). The molecule has 2 heteroatoms. The predicted octanol–water partition coefficient (Wildman–Crippen LogP) is 6.30. The molecule has 0 aliphatic heterocycles. The lowest BCUT2D eigenvalue weighted by molar-refractivity contribution is 0.602. The monoisotopic (exact) mass is 319 g/mol. The molecule has 25 heavy (non-hydrogen) atoms. The SMILES string of the molecule is c1ccc(-c2cc3c4c(cc5ocnc5c4c2)-c2ccccc2-3)cc1. The average molecular weight is 319 g/mol. The van der Waals surface area contributed by atoms with Crippen LogP contribution in [0.5, 0.6) is 0 Å². The van der Waals surface area contributed by atoms with Gasteiger partial charge in [0, 0.05) is 5.39 Å². The summed E-state index contributed by atoms with van der Waals surface area (Å²) in [6.07, 6.45) is 1.54. The Labute approximate surface area is 144 Å². The van der Waals surface area contributed by atoms with Crippen LogP contribution in [0.2, 0.25) is 0 Å². The van der Waals surface area contributed by atoms with E-state index in [9.17, 15) is 0 Å². The van der Waals surface area contributed by atoms with E-state index in [1.54, 1.807) is 0 Å². The summed E-state index contributed by atoms with van der Waals surface area (Å²) in [6, 6.07) is 25.8. The highest BCUT2D eigenvalue weighted by Gasteiger charge is 2.24. The van der Waals surface area contributed by atoms with Crippen LogP contribution < -0.4 is 0 Å². The third-order valence-electron chi connectivity index (χ3n) is 5.15. The fourth-order valence-electron chi connectivity index (χ4n) is 4.06. The minimum Gasteiger partial charge on any atom is -0.443 e. The normalized spacial score (nSPS) is 12.0. The number of nitrogens with zero attached hydrogens (tertiary/aromatic N) is 1. The summed E-state index contributed by atoms with van der Waals surface area (Å²) in [7, 11) is 0. The lowest BCUT2D eigenvalue weighted by Crippen LogP contribution is -1.83. The Bertz CT molecular complexity index is 1280. The molecule has 0 unspecified atom stereocenters. The van der Waals surface area contributed by atoms with Crippen LogP contribution in [0.15, 0.2) is 83.6 Å². The van der Waals surface area contributed by atoms with Gasteiger partial charge in [-0.25, -0.2) is 4.98 Å². The quantitative estimate of drug-likeness (QED) is 0.355. The van der Waals surface area contributed by atoms with Gasteiger partial charge in [-0.3, -0.25) is 0 Å². The van der Waals surface area contributed by atoms with Crippen molar-refractivity contribution >= 4 is 21.9 Å². The Hall–Kier alpha value is -3.39. The van der Waals surface area contributed by atoms with Crippen molar-refractivity contribution < 1.29 is 4.42 Å². The number of aromatic nitrogens is 1. The third kappa shape index (κ3) is 1.66. The van der Waals surface area contributed by atoms with Crippen LogP contribution in [0.25, 0.3) is 55.3 Å². The van der Waals surface area contributed by atoms with Crippen LogP contribution in [0, 0.1) is 0 Å². The van der Waals surface area contributed by atoms with E-state index in [1.807, 2.05) is 6.07 Å². The molecule has 0 fully saturated rings. The molecule has 0 saturated carbocycles. The van der Waals surface area contributed by atoms with Gasteiger partial charge in [-0.05, 0) is 57.0 Å². The van der Waals surface area contributed by atoms with E-state index in [0.717, 1.165) is 16.5 Å². The summed E-state index contributed by atoms with van der Waals surface area (Å²) in [6.45, 7) is 0. The first-order valence-corrected chi connectivity index (χ1v) is 8.39. The first kappa shape index (κ1) is 13.0. The summed E-state index contributed by atoms with van der Waals surface area (Å²) >= 11 is 0. The van der Waals surface area contributed by atoms with Crippen LogP contribution >= 0.6 is 0 Å². The molecule has 2 nitrogen and oxygen atoms in total. The number of benzene rings is 4. The van der Waals surface area contributed by atoms with Crippen LogP contribution in [-0.4, -0.2) is 4.98 Å². The lowest BCUT2D eigenvalue weighted by atomic mass is 9.95. The highest BCUT2D eigenvalue weighted by atomic mass is 16.3. The minimum atomic E-state index is 0.843. The maximum Gasteiger partial charge on any atom is 0.182 e. The number of rotatable bonds is 1. The Kier molecular flexibility index (Phi) is 2.37. The van der Waals surface area contributed by atoms with Gasteiger partial charge in [-0.1, -0.05) is 54.6 Å². The summed E-state index contributed by atoms with van der Waals surface area (Å²) in [5, 5.41) is 2.44. The van der Waals surface area contributed by atoms with Crippen LogP contribution in [0.3, 0.4) is 0 Å². The van der Waals surface area contributed by atoms with Crippen molar-refractivity contribution in [3.05, 3.63) is 79.2 Å². The summed E-state index contributed by atoms with van der Waals surface area (Å²) in [5.74, 6) is 0. The third-order valence-corrected chi connectivity index (χ3v) is 5.15. The smallest absolute Gasteiger partial charge is 0.182 e. The van der Waals surface area contributed by atoms with Crippen LogP contribution in [0.4, 0.5) is 0 Å². The molecular weight excluding hydrogens is 306 g/mol. The fourth-order valence-corrected chi connectivity index (χ4v) is 4.06. The highest BCUT2D eigenvalue weighted by Crippen LogP contribution is 2.50. The second-order valence-corrected chi connectivity index (χ2v) is 6.48. The molecule has 5 aromatic rings. The molecular formula is C23H13NO. The van der Waals surface area contributed by atoms with Gasteiger partial charge in [0.2, 0.25) is 0 Å². The van der Waals surface area contributed by atoms with Crippen molar-refractivity contribution in [2.75, 3.05) is 0 Å². The first-order chi connectivity index (χ1) is 12.4. The molecule has 116 valence electrons. The van der Waals surface area contributed by atoms with Gasteiger partial charge in [0.15, 0.2) is 12.0 Å². The second kappa shape index (κ2) is 4.58. The van der Waals surface area contributed by atoms with Gasteiger partial charge in [-0.2, -0.15) is 0 Å². The molecule has 4 aromatic carbocycles. The zero-order valence-electron chi connectivity index (χ0n) is 13.4. The maximum atomic E-state index is 5.64. The van der Waals surface area contributed by atoms with Gasteiger partial charge in [0.25, 0.3) is 0 Å². The number of fused-ring (bicyclic) bond motifs is 5. The topological polar surface area (TPSA) is 26.0 Å². The minimum absolute atomic E-state index is 0.843. The van der Waals surface area contributed by atoms with Crippen molar-refractivity contribution in [3.8, 4) is 33.4 Å². The Balaban J connectivity index is 1.83. The molecule has 0 atom stereocenters. The zero-order valence-corrected chi connectivity index (χ0v) is 13.4. The molecule has 1 aromatic heterocycles. The van der Waals surface area contributed by atoms with E-state index in [0.29, 0.717) is 0 Å². The summed E-state index contributed by atoms with van der Waals surface area (Å²) in [5.41, 5.74) is 9.28. The van der Waals surface area contributed by atoms with E-state index < -0.39 is 0 Å². The van der Waals surface area contributed by atoms with Gasteiger partial charge < -0.3 is 4.42 Å². The first-order valence-electron chi connectivity index (χ1n) is 8.39. The maximum absolute atomic E-state index is 5.64. The Morgan fingerprint density at radius 2 is 1.36 bits per heavy atom. The molecule has 1 aliphatic rings. The molecule has 1 aliphatic carbocycles. The van der Waals surface area contributed by atoms with E-state index in [-0.39, 0.29) is 0 Å². The van der Waals surface area contributed by atoms with Gasteiger partial charge in [-0.15, -0.1) is 0 Å². The zero-order chi connectivity index (χ0) is 16.4. The Morgan fingerprint density at radius 1 is 0.640 bits per heavy atom.